The van der Waals surface area contributed by atoms with Crippen molar-refractivity contribution in [2.24, 2.45) is 5.92 Å². The molecule has 2 rings (SSSR count). The highest BCUT2D eigenvalue weighted by atomic mass is 19.1. The van der Waals surface area contributed by atoms with E-state index in [4.69, 9.17) is 4.74 Å². The lowest BCUT2D eigenvalue weighted by atomic mass is 10.1. The van der Waals surface area contributed by atoms with Crippen LogP contribution in [-0.4, -0.2) is 37.7 Å². The number of amides is 1. The molecule has 6 heteroatoms. The quantitative estimate of drug-likeness (QED) is 0.841. The molecule has 0 aromatic carbocycles. The van der Waals surface area contributed by atoms with Crippen molar-refractivity contribution in [2.45, 2.75) is 6.42 Å². The van der Waals surface area contributed by atoms with E-state index in [2.05, 4.69) is 15.6 Å². The zero-order valence-corrected chi connectivity index (χ0v) is 10.2. The van der Waals surface area contributed by atoms with Gasteiger partial charge in [-0.15, -0.1) is 0 Å². The van der Waals surface area contributed by atoms with Crippen LogP contribution >= 0.6 is 0 Å². The highest BCUT2D eigenvalue weighted by molar-refractivity contribution is 5.98. The van der Waals surface area contributed by atoms with Crippen LogP contribution in [0, 0.1) is 11.7 Å². The molecule has 1 aliphatic rings. The van der Waals surface area contributed by atoms with Gasteiger partial charge in [-0.2, -0.15) is 0 Å². The van der Waals surface area contributed by atoms with Crippen LogP contribution in [0.1, 0.15) is 16.8 Å². The number of rotatable bonds is 4. The maximum Gasteiger partial charge on any atom is 0.255 e. The fourth-order valence-electron chi connectivity index (χ4n) is 1.89. The van der Waals surface area contributed by atoms with E-state index in [-0.39, 0.29) is 11.5 Å². The lowest BCUT2D eigenvalue weighted by Crippen LogP contribution is -2.30. The van der Waals surface area contributed by atoms with E-state index in [0.717, 1.165) is 19.2 Å². The minimum atomic E-state index is -0.525. The molecular formula is C12H16FN3O2. The predicted octanol–water partition coefficient (Wildman–Crippen LogP) is 1.03. The van der Waals surface area contributed by atoms with Gasteiger partial charge in [0.2, 0.25) is 0 Å². The first-order valence-electron chi connectivity index (χ1n) is 5.90. The molecule has 0 aliphatic carbocycles. The molecule has 2 N–H and O–H groups in total. The Labute approximate surface area is 105 Å². The second-order valence-electron chi connectivity index (χ2n) is 4.24. The zero-order chi connectivity index (χ0) is 13.0. The molecule has 1 saturated heterocycles. The number of anilines is 1. The molecule has 1 aliphatic heterocycles. The van der Waals surface area contributed by atoms with Gasteiger partial charge in [-0.25, -0.2) is 9.37 Å². The van der Waals surface area contributed by atoms with E-state index >= 15 is 0 Å². The highest BCUT2D eigenvalue weighted by Crippen LogP contribution is 2.14. The van der Waals surface area contributed by atoms with Crippen molar-refractivity contribution in [3.05, 3.63) is 23.6 Å². The van der Waals surface area contributed by atoms with Gasteiger partial charge < -0.3 is 15.4 Å². The van der Waals surface area contributed by atoms with Crippen LogP contribution in [0.5, 0.6) is 0 Å². The molecule has 1 atom stereocenters. The lowest BCUT2D eigenvalue weighted by molar-refractivity contribution is 0.0945. The van der Waals surface area contributed by atoms with Gasteiger partial charge in [0, 0.05) is 26.1 Å². The number of carbonyl (C=O) groups excluding carboxylic acids is 1. The van der Waals surface area contributed by atoms with Crippen LogP contribution in [-0.2, 0) is 4.74 Å². The number of halogens is 1. The number of pyridine rings is 1. The summed E-state index contributed by atoms with van der Waals surface area (Å²) in [4.78, 5) is 15.8. The van der Waals surface area contributed by atoms with Crippen molar-refractivity contribution >= 4 is 11.7 Å². The van der Waals surface area contributed by atoms with Crippen molar-refractivity contribution in [3.8, 4) is 0 Å². The first-order chi connectivity index (χ1) is 8.70. The average Bonchev–Trinajstić information content (AvgIpc) is 2.89. The van der Waals surface area contributed by atoms with Gasteiger partial charge in [-0.3, -0.25) is 4.79 Å². The van der Waals surface area contributed by atoms with Crippen molar-refractivity contribution in [3.63, 3.8) is 0 Å². The van der Waals surface area contributed by atoms with Crippen LogP contribution in [0.4, 0.5) is 10.2 Å². The Bertz CT molecular complexity index is 433. The van der Waals surface area contributed by atoms with Gasteiger partial charge in [0.15, 0.2) is 0 Å². The van der Waals surface area contributed by atoms with E-state index in [1.165, 1.54) is 6.07 Å². The first-order valence-corrected chi connectivity index (χ1v) is 5.90. The van der Waals surface area contributed by atoms with Crippen LogP contribution in [0.3, 0.4) is 0 Å². The Kier molecular flexibility index (Phi) is 4.09. The molecule has 1 fully saturated rings. The maximum absolute atomic E-state index is 13.1. The van der Waals surface area contributed by atoms with Gasteiger partial charge in [-0.05, 0) is 12.5 Å². The fraction of sp³-hybridized carbons (Fsp3) is 0.500. The summed E-state index contributed by atoms with van der Waals surface area (Å²) < 4.78 is 18.3. The third-order valence-electron chi connectivity index (χ3n) is 2.91. The van der Waals surface area contributed by atoms with Gasteiger partial charge in [0.1, 0.15) is 11.6 Å². The smallest absolute Gasteiger partial charge is 0.255 e. The molecule has 18 heavy (non-hydrogen) atoms. The Balaban J connectivity index is 2.00. The summed E-state index contributed by atoms with van der Waals surface area (Å²) >= 11 is 0. The lowest BCUT2D eigenvalue weighted by Gasteiger charge is -2.11. The van der Waals surface area contributed by atoms with E-state index in [0.29, 0.717) is 24.9 Å². The Morgan fingerprint density at radius 2 is 2.50 bits per heavy atom. The van der Waals surface area contributed by atoms with Crippen molar-refractivity contribution in [1.82, 2.24) is 10.3 Å². The van der Waals surface area contributed by atoms with Crippen LogP contribution in [0.25, 0.3) is 0 Å². The number of carbonyl (C=O) groups is 1. The van der Waals surface area contributed by atoms with Crippen LogP contribution in [0.15, 0.2) is 12.3 Å². The molecular weight excluding hydrogens is 237 g/mol. The SMILES string of the molecule is CNc1ncc(F)cc1C(=O)NCC1CCOC1. The summed E-state index contributed by atoms with van der Waals surface area (Å²) in [5.74, 6) is -0.133. The molecule has 1 aromatic heterocycles. The van der Waals surface area contributed by atoms with E-state index in [1.54, 1.807) is 7.05 Å². The second-order valence-corrected chi connectivity index (χ2v) is 4.24. The number of nitrogens with one attached hydrogen (secondary N) is 2. The summed E-state index contributed by atoms with van der Waals surface area (Å²) in [7, 11) is 1.64. The van der Waals surface area contributed by atoms with E-state index in [1.807, 2.05) is 0 Å². The van der Waals surface area contributed by atoms with Gasteiger partial charge in [0.25, 0.3) is 5.91 Å². The topological polar surface area (TPSA) is 63.2 Å². The Morgan fingerprint density at radius 1 is 1.67 bits per heavy atom. The molecule has 2 heterocycles. The second kappa shape index (κ2) is 5.77. The summed E-state index contributed by atoms with van der Waals surface area (Å²) in [6.07, 6.45) is 2.02. The molecule has 5 nitrogen and oxygen atoms in total. The van der Waals surface area contributed by atoms with Gasteiger partial charge in [-0.1, -0.05) is 0 Å². The Morgan fingerprint density at radius 3 is 3.17 bits per heavy atom. The molecule has 0 radical (unpaired) electrons. The summed E-state index contributed by atoms with van der Waals surface area (Å²) in [5, 5.41) is 5.55. The largest absolute Gasteiger partial charge is 0.381 e. The average molecular weight is 253 g/mol. The minimum absolute atomic E-state index is 0.219. The monoisotopic (exact) mass is 253 g/mol. The first kappa shape index (κ1) is 12.8. The summed E-state index contributed by atoms with van der Waals surface area (Å²) in [6, 6.07) is 1.18. The molecule has 98 valence electrons. The van der Waals surface area contributed by atoms with Crippen LogP contribution < -0.4 is 10.6 Å². The van der Waals surface area contributed by atoms with Crippen molar-refractivity contribution < 1.29 is 13.9 Å². The molecule has 0 saturated carbocycles. The van der Waals surface area contributed by atoms with Gasteiger partial charge >= 0.3 is 0 Å². The summed E-state index contributed by atoms with van der Waals surface area (Å²) in [6.45, 7) is 1.95. The predicted molar refractivity (Wildman–Crippen MR) is 65.0 cm³/mol. The highest BCUT2D eigenvalue weighted by Gasteiger charge is 2.18. The van der Waals surface area contributed by atoms with Crippen molar-refractivity contribution in [1.29, 1.82) is 0 Å². The van der Waals surface area contributed by atoms with E-state index in [9.17, 15) is 9.18 Å². The summed E-state index contributed by atoms with van der Waals surface area (Å²) in [5.41, 5.74) is 0.219. The van der Waals surface area contributed by atoms with Gasteiger partial charge in [0.05, 0.1) is 18.4 Å². The molecule has 1 unspecified atom stereocenters. The number of aromatic nitrogens is 1. The van der Waals surface area contributed by atoms with E-state index < -0.39 is 5.82 Å². The Hall–Kier alpha value is -1.69. The molecule has 0 spiro atoms. The third-order valence-corrected chi connectivity index (χ3v) is 2.91. The standard InChI is InChI=1S/C12H16FN3O2/c1-14-11-10(4-9(13)6-15-11)12(17)16-5-8-2-3-18-7-8/h4,6,8H,2-3,5,7H2,1H3,(H,14,15)(H,16,17). The molecule has 1 aromatic rings. The normalized spacial score (nSPS) is 18.7. The van der Waals surface area contributed by atoms with Crippen molar-refractivity contribution in [2.75, 3.05) is 32.1 Å². The molecule has 1 amide bonds. The number of ether oxygens (including phenoxy) is 1. The fourth-order valence-corrected chi connectivity index (χ4v) is 1.89. The number of hydrogen-bond acceptors (Lipinski definition) is 4. The molecule has 0 bridgehead atoms. The van der Waals surface area contributed by atoms with Crippen LogP contribution in [0.2, 0.25) is 0 Å². The zero-order valence-electron chi connectivity index (χ0n) is 10.2. The third kappa shape index (κ3) is 2.95. The number of hydrogen-bond donors (Lipinski definition) is 2. The maximum atomic E-state index is 13.1. The number of nitrogens with zero attached hydrogens (tertiary/aromatic N) is 1. The minimum Gasteiger partial charge on any atom is -0.381 e.